The van der Waals surface area contributed by atoms with E-state index in [0.717, 1.165) is 5.56 Å². The summed E-state index contributed by atoms with van der Waals surface area (Å²) >= 11 is 1.49. The normalized spacial score (nSPS) is 15.0. The zero-order valence-electron chi connectivity index (χ0n) is 7.56. The average molecular weight is 200 g/mol. The second-order valence-corrected chi connectivity index (χ2v) is 3.59. The first kappa shape index (κ1) is 10.2. The Bertz CT molecular complexity index is 268. The highest BCUT2D eigenvalue weighted by Gasteiger charge is 2.24. The lowest BCUT2D eigenvalue weighted by molar-refractivity contribution is -0.148. The third-order valence-electron chi connectivity index (χ3n) is 1.93. The van der Waals surface area contributed by atoms with Crippen LogP contribution in [0.15, 0.2) is 16.8 Å². The third-order valence-corrected chi connectivity index (χ3v) is 2.63. The lowest BCUT2D eigenvalue weighted by Crippen LogP contribution is -2.20. The predicted molar refractivity (Wildman–Crippen MR) is 50.5 cm³/mol. The van der Waals surface area contributed by atoms with E-state index in [1.807, 2.05) is 10.8 Å². The van der Waals surface area contributed by atoms with Gasteiger partial charge in [0.2, 0.25) is 0 Å². The molecule has 0 saturated carbocycles. The van der Waals surface area contributed by atoms with Crippen LogP contribution in [-0.4, -0.2) is 18.2 Å². The lowest BCUT2D eigenvalue weighted by Gasteiger charge is -2.14. The van der Waals surface area contributed by atoms with Gasteiger partial charge in [0, 0.05) is 0 Å². The first-order valence-corrected chi connectivity index (χ1v) is 4.89. The van der Waals surface area contributed by atoms with Gasteiger partial charge in [0.25, 0.3) is 0 Å². The fourth-order valence-corrected chi connectivity index (χ4v) is 1.74. The topological polar surface area (TPSA) is 46.5 Å². The Morgan fingerprint density at radius 2 is 2.38 bits per heavy atom. The van der Waals surface area contributed by atoms with Crippen LogP contribution in [0.3, 0.4) is 0 Å². The van der Waals surface area contributed by atoms with Crippen molar-refractivity contribution in [3.8, 4) is 0 Å². The molecule has 0 fully saturated rings. The summed E-state index contributed by atoms with van der Waals surface area (Å²) in [6.45, 7) is 1.65. The number of ether oxygens (including phenoxy) is 1. The van der Waals surface area contributed by atoms with Crippen LogP contribution < -0.4 is 0 Å². The van der Waals surface area contributed by atoms with E-state index in [4.69, 9.17) is 0 Å². The molecule has 1 aromatic rings. The molecule has 2 atom stereocenters. The summed E-state index contributed by atoms with van der Waals surface area (Å²) in [6.07, 6.45) is -0.765. The summed E-state index contributed by atoms with van der Waals surface area (Å²) in [5, 5.41) is 13.4. The number of thiophene rings is 1. The van der Waals surface area contributed by atoms with Crippen molar-refractivity contribution in [2.24, 2.45) is 5.92 Å². The van der Waals surface area contributed by atoms with Crippen molar-refractivity contribution >= 4 is 17.3 Å². The van der Waals surface area contributed by atoms with E-state index < -0.39 is 18.0 Å². The molecular formula is C9H12O3S. The van der Waals surface area contributed by atoms with E-state index in [-0.39, 0.29) is 0 Å². The van der Waals surface area contributed by atoms with Crippen molar-refractivity contribution in [1.82, 2.24) is 0 Å². The van der Waals surface area contributed by atoms with Crippen LogP contribution in [0, 0.1) is 5.92 Å². The molecular weight excluding hydrogens is 188 g/mol. The molecule has 1 rings (SSSR count). The molecule has 0 bridgehead atoms. The molecule has 0 unspecified atom stereocenters. The number of carbonyl (C=O) groups excluding carboxylic acids is 1. The second kappa shape index (κ2) is 4.39. The Kier molecular flexibility index (Phi) is 3.45. The van der Waals surface area contributed by atoms with Crippen molar-refractivity contribution in [2.45, 2.75) is 13.0 Å². The number of hydrogen-bond acceptors (Lipinski definition) is 4. The number of hydrogen-bond donors (Lipinski definition) is 1. The highest BCUT2D eigenvalue weighted by atomic mass is 32.1. The van der Waals surface area contributed by atoms with Crippen LogP contribution in [-0.2, 0) is 9.53 Å². The SMILES string of the molecule is COC(=O)[C@H](C)[C@@H](O)c1ccsc1. The van der Waals surface area contributed by atoms with Crippen LogP contribution in [0.5, 0.6) is 0 Å². The number of methoxy groups -OCH3 is 1. The Hall–Kier alpha value is -0.870. The quantitative estimate of drug-likeness (QED) is 0.754. The zero-order chi connectivity index (χ0) is 9.84. The van der Waals surface area contributed by atoms with E-state index in [1.165, 1.54) is 18.4 Å². The van der Waals surface area contributed by atoms with Gasteiger partial charge in [-0.05, 0) is 29.3 Å². The summed E-state index contributed by atoms with van der Waals surface area (Å²) in [5.41, 5.74) is 0.767. The maximum Gasteiger partial charge on any atom is 0.311 e. The summed E-state index contributed by atoms with van der Waals surface area (Å²) in [5.74, 6) is -0.904. The van der Waals surface area contributed by atoms with Gasteiger partial charge in [-0.2, -0.15) is 11.3 Å². The Morgan fingerprint density at radius 3 is 2.85 bits per heavy atom. The first-order valence-electron chi connectivity index (χ1n) is 3.94. The molecule has 0 aliphatic heterocycles. The van der Waals surface area contributed by atoms with Gasteiger partial charge in [0.1, 0.15) is 0 Å². The van der Waals surface area contributed by atoms with Crippen molar-refractivity contribution < 1.29 is 14.6 Å². The Labute approximate surface area is 81.0 Å². The van der Waals surface area contributed by atoms with Gasteiger partial charge in [-0.15, -0.1) is 0 Å². The Morgan fingerprint density at radius 1 is 1.69 bits per heavy atom. The summed E-state index contributed by atoms with van der Waals surface area (Å²) < 4.78 is 4.54. The first-order chi connectivity index (χ1) is 6.16. The minimum atomic E-state index is -0.765. The molecule has 0 aliphatic carbocycles. The van der Waals surface area contributed by atoms with E-state index in [9.17, 15) is 9.90 Å². The molecule has 0 amide bonds. The van der Waals surface area contributed by atoms with E-state index in [1.54, 1.807) is 13.0 Å². The van der Waals surface area contributed by atoms with Gasteiger partial charge >= 0.3 is 5.97 Å². The van der Waals surface area contributed by atoms with E-state index >= 15 is 0 Å². The standard InChI is InChI=1S/C9H12O3S/c1-6(9(11)12-2)8(10)7-3-4-13-5-7/h3-6,8,10H,1-2H3/t6-,8-/m1/s1. The van der Waals surface area contributed by atoms with Crippen molar-refractivity contribution in [2.75, 3.05) is 7.11 Å². The predicted octanol–water partition coefficient (Wildman–Crippen LogP) is 1.59. The van der Waals surface area contributed by atoms with Gasteiger partial charge in [0.15, 0.2) is 0 Å². The summed E-state index contributed by atoms with van der Waals surface area (Å²) in [6, 6.07) is 1.80. The smallest absolute Gasteiger partial charge is 0.311 e. The molecule has 0 spiro atoms. The largest absolute Gasteiger partial charge is 0.469 e. The molecule has 72 valence electrons. The molecule has 0 saturated heterocycles. The number of aliphatic hydroxyl groups is 1. The van der Waals surface area contributed by atoms with Crippen molar-refractivity contribution in [3.63, 3.8) is 0 Å². The van der Waals surface area contributed by atoms with E-state index in [2.05, 4.69) is 4.74 Å². The Balaban J connectivity index is 2.68. The highest BCUT2D eigenvalue weighted by molar-refractivity contribution is 7.07. The maximum atomic E-state index is 11.1. The van der Waals surface area contributed by atoms with Gasteiger partial charge in [-0.3, -0.25) is 4.79 Å². The number of esters is 1. The molecule has 3 nitrogen and oxygen atoms in total. The van der Waals surface area contributed by atoms with E-state index in [0.29, 0.717) is 0 Å². The molecule has 0 aromatic carbocycles. The lowest BCUT2D eigenvalue weighted by atomic mass is 10.0. The highest BCUT2D eigenvalue weighted by Crippen LogP contribution is 2.24. The fourth-order valence-electron chi connectivity index (χ4n) is 1.05. The number of aliphatic hydroxyl groups excluding tert-OH is 1. The molecule has 0 aliphatic rings. The van der Waals surface area contributed by atoms with Gasteiger partial charge in [0.05, 0.1) is 19.1 Å². The van der Waals surface area contributed by atoms with Crippen LogP contribution >= 0.6 is 11.3 Å². The molecule has 1 heterocycles. The fraction of sp³-hybridized carbons (Fsp3) is 0.444. The molecule has 1 aromatic heterocycles. The van der Waals surface area contributed by atoms with Gasteiger partial charge < -0.3 is 9.84 Å². The minimum absolute atomic E-state index is 0.390. The minimum Gasteiger partial charge on any atom is -0.469 e. The monoisotopic (exact) mass is 200 g/mol. The zero-order valence-corrected chi connectivity index (χ0v) is 8.38. The van der Waals surface area contributed by atoms with Crippen LogP contribution in [0.4, 0.5) is 0 Å². The molecule has 1 N–H and O–H groups in total. The summed E-state index contributed by atoms with van der Waals surface area (Å²) in [7, 11) is 1.32. The second-order valence-electron chi connectivity index (χ2n) is 2.81. The van der Waals surface area contributed by atoms with Crippen molar-refractivity contribution in [3.05, 3.63) is 22.4 Å². The van der Waals surface area contributed by atoms with Crippen LogP contribution in [0.25, 0.3) is 0 Å². The van der Waals surface area contributed by atoms with Crippen LogP contribution in [0.1, 0.15) is 18.6 Å². The van der Waals surface area contributed by atoms with Crippen molar-refractivity contribution in [1.29, 1.82) is 0 Å². The van der Waals surface area contributed by atoms with Gasteiger partial charge in [-0.25, -0.2) is 0 Å². The molecule has 0 radical (unpaired) electrons. The third kappa shape index (κ3) is 2.29. The summed E-state index contributed by atoms with van der Waals surface area (Å²) in [4.78, 5) is 11.1. The number of rotatable bonds is 3. The molecule has 4 heteroatoms. The van der Waals surface area contributed by atoms with Gasteiger partial charge in [-0.1, -0.05) is 0 Å². The van der Waals surface area contributed by atoms with Crippen LogP contribution in [0.2, 0.25) is 0 Å². The maximum absolute atomic E-state index is 11.1. The molecule has 13 heavy (non-hydrogen) atoms. The average Bonchev–Trinajstić information content (AvgIpc) is 2.67. The number of carbonyl (C=O) groups is 1.